The minimum atomic E-state index is 0.728. The van der Waals surface area contributed by atoms with E-state index in [1.54, 1.807) is 0 Å². The van der Waals surface area contributed by atoms with Gasteiger partial charge in [-0.25, -0.2) is 4.98 Å². The summed E-state index contributed by atoms with van der Waals surface area (Å²) in [5, 5.41) is 10.8. The first-order chi connectivity index (χ1) is 18.7. The monoisotopic (exact) mass is 519 g/mol. The van der Waals surface area contributed by atoms with E-state index in [-0.39, 0.29) is 0 Å². The van der Waals surface area contributed by atoms with Gasteiger partial charge in [0.2, 0.25) is 5.95 Å². The zero-order valence-corrected chi connectivity index (χ0v) is 23.6. The van der Waals surface area contributed by atoms with Crippen molar-refractivity contribution >= 4 is 11.8 Å². The van der Waals surface area contributed by atoms with E-state index in [2.05, 4.69) is 68.0 Å². The Kier molecular flexibility index (Phi) is 10.3. The second-order valence-corrected chi connectivity index (χ2v) is 11.6. The molecule has 2 aliphatic carbocycles. The SMILES string of the molecule is Cc1cc(N2CCN(C3CCCC3)CC2)nc(NCc2ccc(CNCCCNC3CCCCC3)cc2)n1. The molecule has 0 amide bonds. The summed E-state index contributed by atoms with van der Waals surface area (Å²) in [6, 6.07) is 12.6. The predicted octanol–water partition coefficient (Wildman–Crippen LogP) is 4.86. The Balaban J connectivity index is 1.01. The van der Waals surface area contributed by atoms with Crippen molar-refractivity contribution in [2.75, 3.05) is 49.5 Å². The smallest absolute Gasteiger partial charge is 0.225 e. The minimum absolute atomic E-state index is 0.728. The van der Waals surface area contributed by atoms with Crippen LogP contribution in [0.25, 0.3) is 0 Å². The number of aryl methyl sites for hydroxylation is 1. The van der Waals surface area contributed by atoms with Crippen molar-refractivity contribution in [3.63, 3.8) is 0 Å². The number of hydrogen-bond acceptors (Lipinski definition) is 7. The number of rotatable bonds is 12. The van der Waals surface area contributed by atoms with Gasteiger partial charge >= 0.3 is 0 Å². The Labute approximate surface area is 230 Å². The molecule has 1 aliphatic heterocycles. The van der Waals surface area contributed by atoms with Crippen LogP contribution in [0.4, 0.5) is 11.8 Å². The van der Waals surface area contributed by atoms with Gasteiger partial charge in [0, 0.05) is 63.1 Å². The summed E-state index contributed by atoms with van der Waals surface area (Å²) < 4.78 is 0. The number of benzene rings is 1. The van der Waals surface area contributed by atoms with Gasteiger partial charge in [-0.05, 0) is 63.2 Å². The number of nitrogens with zero attached hydrogens (tertiary/aromatic N) is 4. The second kappa shape index (κ2) is 14.2. The maximum atomic E-state index is 4.88. The Hall–Kier alpha value is -2.22. The van der Waals surface area contributed by atoms with Crippen molar-refractivity contribution in [1.82, 2.24) is 25.5 Å². The van der Waals surface area contributed by atoms with Gasteiger partial charge in [-0.3, -0.25) is 4.90 Å². The van der Waals surface area contributed by atoms with Gasteiger partial charge in [0.15, 0.2) is 0 Å². The first-order valence-electron chi connectivity index (χ1n) is 15.3. The summed E-state index contributed by atoms with van der Waals surface area (Å²) in [5.74, 6) is 1.78. The molecule has 0 atom stereocenters. The van der Waals surface area contributed by atoms with Crippen molar-refractivity contribution < 1.29 is 0 Å². The fraction of sp³-hybridized carbons (Fsp3) is 0.677. The fourth-order valence-electron chi connectivity index (χ4n) is 6.39. The molecule has 1 aromatic heterocycles. The van der Waals surface area contributed by atoms with Crippen molar-refractivity contribution in [3.8, 4) is 0 Å². The number of hydrogen-bond donors (Lipinski definition) is 3. The third-order valence-electron chi connectivity index (χ3n) is 8.69. The first-order valence-corrected chi connectivity index (χ1v) is 15.3. The summed E-state index contributed by atoms with van der Waals surface area (Å²) in [5.41, 5.74) is 3.60. The predicted molar refractivity (Wildman–Crippen MR) is 158 cm³/mol. The van der Waals surface area contributed by atoms with E-state index < -0.39 is 0 Å². The van der Waals surface area contributed by atoms with Crippen LogP contribution in [-0.4, -0.2) is 66.2 Å². The van der Waals surface area contributed by atoms with E-state index in [9.17, 15) is 0 Å². The van der Waals surface area contributed by atoms with Gasteiger partial charge in [0.25, 0.3) is 0 Å². The normalized spacial score (nSPS) is 19.8. The molecule has 3 aliphatic rings. The molecule has 208 valence electrons. The zero-order chi connectivity index (χ0) is 26.0. The van der Waals surface area contributed by atoms with Gasteiger partial charge in [-0.15, -0.1) is 0 Å². The standard InChI is InChI=1S/C31H49N7/c1-25-22-30(38-20-18-37(19-21-38)29-10-5-6-11-29)36-31(35-25)34-24-27-14-12-26(13-15-27)23-32-16-7-17-33-28-8-3-2-4-9-28/h12-15,22,28-29,32-33H,2-11,16-21,23-24H2,1H3,(H,34,35,36). The van der Waals surface area contributed by atoms with Crippen LogP contribution in [0.3, 0.4) is 0 Å². The van der Waals surface area contributed by atoms with E-state index in [1.807, 2.05) is 0 Å². The average molecular weight is 520 g/mol. The van der Waals surface area contributed by atoms with E-state index >= 15 is 0 Å². The quantitative estimate of drug-likeness (QED) is 0.346. The summed E-state index contributed by atoms with van der Waals surface area (Å²) in [6.45, 7) is 10.3. The van der Waals surface area contributed by atoms with E-state index in [4.69, 9.17) is 4.98 Å². The van der Waals surface area contributed by atoms with Crippen LogP contribution in [-0.2, 0) is 13.1 Å². The zero-order valence-electron chi connectivity index (χ0n) is 23.6. The molecule has 2 aromatic rings. The van der Waals surface area contributed by atoms with Crippen LogP contribution in [0.15, 0.2) is 30.3 Å². The van der Waals surface area contributed by atoms with E-state index in [0.29, 0.717) is 0 Å². The molecule has 7 heteroatoms. The molecule has 2 heterocycles. The molecule has 3 fully saturated rings. The van der Waals surface area contributed by atoms with Crippen LogP contribution in [0.5, 0.6) is 0 Å². The highest BCUT2D eigenvalue weighted by Crippen LogP contribution is 2.25. The maximum absolute atomic E-state index is 4.88. The molecule has 0 bridgehead atoms. The molecule has 1 aromatic carbocycles. The molecule has 3 N–H and O–H groups in total. The van der Waals surface area contributed by atoms with Gasteiger partial charge in [-0.1, -0.05) is 56.4 Å². The van der Waals surface area contributed by atoms with Gasteiger partial charge in [0.1, 0.15) is 5.82 Å². The number of nitrogens with one attached hydrogen (secondary N) is 3. The Morgan fingerprint density at radius 3 is 2.21 bits per heavy atom. The van der Waals surface area contributed by atoms with Gasteiger partial charge < -0.3 is 20.9 Å². The second-order valence-electron chi connectivity index (χ2n) is 11.6. The van der Waals surface area contributed by atoms with Crippen molar-refractivity contribution in [2.24, 2.45) is 0 Å². The topological polar surface area (TPSA) is 68.3 Å². The Morgan fingerprint density at radius 1 is 0.789 bits per heavy atom. The van der Waals surface area contributed by atoms with E-state index in [1.165, 1.54) is 75.3 Å². The lowest BCUT2D eigenvalue weighted by Gasteiger charge is -2.38. The lowest BCUT2D eigenvalue weighted by atomic mass is 9.95. The molecule has 0 radical (unpaired) electrons. The van der Waals surface area contributed by atoms with Crippen LogP contribution in [0.1, 0.15) is 81.0 Å². The maximum Gasteiger partial charge on any atom is 0.225 e. The molecule has 5 rings (SSSR count). The number of anilines is 2. The van der Waals surface area contributed by atoms with Crippen LogP contribution in [0, 0.1) is 6.92 Å². The molecule has 1 saturated heterocycles. The minimum Gasteiger partial charge on any atom is -0.354 e. The Bertz CT molecular complexity index is 959. The number of piperazine rings is 1. The highest BCUT2D eigenvalue weighted by Gasteiger charge is 2.26. The number of aromatic nitrogens is 2. The van der Waals surface area contributed by atoms with Crippen molar-refractivity contribution in [1.29, 1.82) is 0 Å². The Morgan fingerprint density at radius 2 is 1.47 bits per heavy atom. The lowest BCUT2D eigenvalue weighted by Crippen LogP contribution is -2.50. The first kappa shape index (κ1) is 27.4. The lowest BCUT2D eigenvalue weighted by molar-refractivity contribution is 0.187. The largest absolute Gasteiger partial charge is 0.354 e. The third-order valence-corrected chi connectivity index (χ3v) is 8.69. The van der Waals surface area contributed by atoms with Crippen LogP contribution in [0.2, 0.25) is 0 Å². The average Bonchev–Trinajstić information content (AvgIpc) is 3.50. The molecule has 38 heavy (non-hydrogen) atoms. The summed E-state index contributed by atoms with van der Waals surface area (Å²) in [4.78, 5) is 14.7. The van der Waals surface area contributed by atoms with Gasteiger partial charge in [-0.2, -0.15) is 4.98 Å². The molecule has 0 spiro atoms. The highest BCUT2D eigenvalue weighted by atomic mass is 15.3. The molecule has 2 saturated carbocycles. The van der Waals surface area contributed by atoms with E-state index in [0.717, 1.165) is 81.9 Å². The highest BCUT2D eigenvalue weighted by molar-refractivity contribution is 5.45. The van der Waals surface area contributed by atoms with Gasteiger partial charge in [0.05, 0.1) is 0 Å². The molecule has 0 unspecified atom stereocenters. The summed E-state index contributed by atoms with van der Waals surface area (Å²) >= 11 is 0. The molecular weight excluding hydrogens is 470 g/mol. The molecular formula is C31H49N7. The van der Waals surface area contributed by atoms with Crippen molar-refractivity contribution in [2.45, 2.75) is 96.3 Å². The third kappa shape index (κ3) is 8.14. The van der Waals surface area contributed by atoms with Crippen molar-refractivity contribution in [3.05, 3.63) is 47.2 Å². The summed E-state index contributed by atoms with van der Waals surface area (Å²) in [6.07, 6.45) is 13.7. The van der Waals surface area contributed by atoms with Crippen LogP contribution >= 0.6 is 0 Å². The van der Waals surface area contributed by atoms with Crippen LogP contribution < -0.4 is 20.9 Å². The fourth-order valence-corrected chi connectivity index (χ4v) is 6.39. The summed E-state index contributed by atoms with van der Waals surface area (Å²) in [7, 11) is 0. The molecule has 7 nitrogen and oxygen atoms in total.